The minimum absolute atomic E-state index is 0.0657. The first-order valence-electron chi connectivity index (χ1n) is 5.46. The molecule has 0 radical (unpaired) electrons. The summed E-state index contributed by atoms with van der Waals surface area (Å²) < 4.78 is 25.6. The molecule has 2 rings (SSSR count). The number of fused-ring (bicyclic) bond motifs is 1. The van der Waals surface area contributed by atoms with Gasteiger partial charge < -0.3 is 5.32 Å². The van der Waals surface area contributed by atoms with Crippen molar-refractivity contribution >= 4 is 10.0 Å². The van der Waals surface area contributed by atoms with Crippen LogP contribution in [-0.4, -0.2) is 44.2 Å². The molecule has 2 heterocycles. The normalized spacial score (nSPS) is 32.5. The first-order valence-corrected chi connectivity index (χ1v) is 7.07. The van der Waals surface area contributed by atoms with Crippen molar-refractivity contribution in [3.05, 3.63) is 12.7 Å². The highest BCUT2D eigenvalue weighted by molar-refractivity contribution is 7.89. The van der Waals surface area contributed by atoms with E-state index in [1.165, 1.54) is 6.08 Å². The van der Waals surface area contributed by atoms with Crippen molar-refractivity contribution in [3.8, 4) is 0 Å². The van der Waals surface area contributed by atoms with Gasteiger partial charge in [-0.15, -0.1) is 6.58 Å². The van der Waals surface area contributed by atoms with Gasteiger partial charge in [0.1, 0.15) is 0 Å². The van der Waals surface area contributed by atoms with Crippen molar-refractivity contribution in [1.29, 1.82) is 0 Å². The van der Waals surface area contributed by atoms with E-state index in [0.717, 1.165) is 25.9 Å². The number of piperidine rings is 1. The maximum absolute atomic E-state index is 12.0. The summed E-state index contributed by atoms with van der Waals surface area (Å²) >= 11 is 0. The van der Waals surface area contributed by atoms with Crippen LogP contribution in [0.15, 0.2) is 12.7 Å². The smallest absolute Gasteiger partial charge is 0.217 e. The zero-order chi connectivity index (χ0) is 10.9. The fourth-order valence-electron chi connectivity index (χ4n) is 2.62. The van der Waals surface area contributed by atoms with E-state index in [1.54, 1.807) is 4.31 Å². The Balaban J connectivity index is 2.17. The monoisotopic (exact) mass is 230 g/mol. The van der Waals surface area contributed by atoms with Crippen LogP contribution in [0.3, 0.4) is 0 Å². The van der Waals surface area contributed by atoms with Gasteiger partial charge in [-0.05, 0) is 25.3 Å². The van der Waals surface area contributed by atoms with Crippen LogP contribution in [0.5, 0.6) is 0 Å². The lowest BCUT2D eigenvalue weighted by Crippen LogP contribution is -2.48. The molecule has 0 bridgehead atoms. The molecule has 86 valence electrons. The summed E-state index contributed by atoms with van der Waals surface area (Å²) in [6.45, 7) is 5.95. The summed E-state index contributed by atoms with van der Waals surface area (Å²) in [5.41, 5.74) is 0. The van der Waals surface area contributed by atoms with Crippen molar-refractivity contribution in [2.75, 3.05) is 25.4 Å². The molecule has 0 aromatic carbocycles. The Morgan fingerprint density at radius 1 is 1.47 bits per heavy atom. The molecule has 0 aromatic rings. The van der Waals surface area contributed by atoms with Crippen molar-refractivity contribution in [2.24, 2.45) is 5.92 Å². The SMILES string of the molecule is C=CCS(=O)(=O)N1CCCC2CNCC21. The Bertz CT molecular complexity index is 339. The van der Waals surface area contributed by atoms with Crippen LogP contribution in [0.4, 0.5) is 0 Å². The topological polar surface area (TPSA) is 49.4 Å². The van der Waals surface area contributed by atoms with Gasteiger partial charge in [0.15, 0.2) is 0 Å². The predicted octanol–water partition coefficient (Wildman–Crippen LogP) is 0.186. The number of nitrogens with zero attached hydrogens (tertiary/aromatic N) is 1. The van der Waals surface area contributed by atoms with E-state index in [-0.39, 0.29) is 11.8 Å². The zero-order valence-corrected chi connectivity index (χ0v) is 9.67. The summed E-state index contributed by atoms with van der Waals surface area (Å²) in [5.74, 6) is 0.578. The molecule has 0 saturated carbocycles. The van der Waals surface area contributed by atoms with Crippen LogP contribution in [0.2, 0.25) is 0 Å². The highest BCUT2D eigenvalue weighted by Crippen LogP contribution is 2.28. The molecule has 0 aromatic heterocycles. The average Bonchev–Trinajstić information content (AvgIpc) is 2.64. The Labute approximate surface area is 91.4 Å². The van der Waals surface area contributed by atoms with Gasteiger partial charge in [-0.1, -0.05) is 6.08 Å². The standard InChI is InChI=1S/C10H18N2O2S/c1-2-6-15(13,14)12-5-3-4-9-7-11-8-10(9)12/h2,9-11H,1,3-8H2. The molecule has 1 N–H and O–H groups in total. The minimum Gasteiger partial charge on any atom is -0.315 e. The summed E-state index contributed by atoms with van der Waals surface area (Å²) in [4.78, 5) is 0. The summed E-state index contributed by atoms with van der Waals surface area (Å²) in [6, 6.07) is 0.184. The lowest BCUT2D eigenvalue weighted by Gasteiger charge is -2.35. The van der Waals surface area contributed by atoms with Gasteiger partial charge in [0.05, 0.1) is 5.75 Å². The molecule has 0 spiro atoms. The van der Waals surface area contributed by atoms with Gasteiger partial charge in [0, 0.05) is 19.1 Å². The number of hydrogen-bond donors (Lipinski definition) is 1. The molecule has 2 atom stereocenters. The van der Waals surface area contributed by atoms with Gasteiger partial charge in [0.25, 0.3) is 0 Å². The van der Waals surface area contributed by atoms with E-state index in [4.69, 9.17) is 0 Å². The van der Waals surface area contributed by atoms with Crippen molar-refractivity contribution in [1.82, 2.24) is 9.62 Å². The van der Waals surface area contributed by atoms with E-state index in [1.807, 2.05) is 0 Å². The van der Waals surface area contributed by atoms with Crippen LogP contribution < -0.4 is 5.32 Å². The number of nitrogens with one attached hydrogen (secondary N) is 1. The maximum Gasteiger partial charge on any atom is 0.217 e. The van der Waals surface area contributed by atoms with E-state index >= 15 is 0 Å². The van der Waals surface area contributed by atoms with E-state index in [2.05, 4.69) is 11.9 Å². The summed E-state index contributed by atoms with van der Waals surface area (Å²) in [6.07, 6.45) is 3.61. The van der Waals surface area contributed by atoms with Crippen LogP contribution >= 0.6 is 0 Å². The summed E-state index contributed by atoms with van der Waals surface area (Å²) in [5, 5.41) is 3.28. The highest BCUT2D eigenvalue weighted by atomic mass is 32.2. The lowest BCUT2D eigenvalue weighted by molar-refractivity contribution is 0.218. The van der Waals surface area contributed by atoms with Gasteiger partial charge in [-0.3, -0.25) is 0 Å². The van der Waals surface area contributed by atoms with Crippen LogP contribution in [0.1, 0.15) is 12.8 Å². The van der Waals surface area contributed by atoms with Crippen molar-refractivity contribution in [3.63, 3.8) is 0 Å². The molecule has 2 aliphatic heterocycles. The highest BCUT2D eigenvalue weighted by Gasteiger charge is 2.39. The van der Waals surface area contributed by atoms with Crippen LogP contribution in [0, 0.1) is 5.92 Å². The van der Waals surface area contributed by atoms with E-state index in [0.29, 0.717) is 12.5 Å². The van der Waals surface area contributed by atoms with E-state index in [9.17, 15) is 8.42 Å². The molecule has 2 aliphatic rings. The molecule has 15 heavy (non-hydrogen) atoms. The van der Waals surface area contributed by atoms with Gasteiger partial charge >= 0.3 is 0 Å². The first kappa shape index (κ1) is 11.1. The molecule has 2 unspecified atom stereocenters. The third kappa shape index (κ3) is 2.09. The molecule has 2 saturated heterocycles. The second-order valence-electron chi connectivity index (χ2n) is 4.31. The Morgan fingerprint density at radius 2 is 2.27 bits per heavy atom. The van der Waals surface area contributed by atoms with Gasteiger partial charge in [-0.2, -0.15) is 4.31 Å². The molecule has 5 heteroatoms. The predicted molar refractivity (Wildman–Crippen MR) is 60.1 cm³/mol. The fraction of sp³-hybridized carbons (Fsp3) is 0.800. The third-order valence-electron chi connectivity index (χ3n) is 3.31. The average molecular weight is 230 g/mol. The molecular weight excluding hydrogens is 212 g/mol. The molecule has 0 aliphatic carbocycles. The number of sulfonamides is 1. The van der Waals surface area contributed by atoms with Crippen molar-refractivity contribution in [2.45, 2.75) is 18.9 Å². The fourth-order valence-corrected chi connectivity index (χ4v) is 4.17. The Kier molecular flexibility index (Phi) is 3.13. The van der Waals surface area contributed by atoms with E-state index < -0.39 is 10.0 Å². The molecule has 0 amide bonds. The largest absolute Gasteiger partial charge is 0.315 e. The maximum atomic E-state index is 12.0. The lowest BCUT2D eigenvalue weighted by atomic mass is 9.94. The molecule has 4 nitrogen and oxygen atoms in total. The Morgan fingerprint density at radius 3 is 3.00 bits per heavy atom. The van der Waals surface area contributed by atoms with Gasteiger partial charge in [0.2, 0.25) is 10.0 Å². The number of rotatable bonds is 3. The quantitative estimate of drug-likeness (QED) is 0.704. The molecule has 2 fully saturated rings. The van der Waals surface area contributed by atoms with Gasteiger partial charge in [-0.25, -0.2) is 8.42 Å². The van der Waals surface area contributed by atoms with Crippen LogP contribution in [0.25, 0.3) is 0 Å². The molecular formula is C10H18N2O2S. The van der Waals surface area contributed by atoms with Crippen molar-refractivity contribution < 1.29 is 8.42 Å². The van der Waals surface area contributed by atoms with Crippen LogP contribution in [-0.2, 0) is 10.0 Å². The first-order chi connectivity index (χ1) is 7.15. The number of hydrogen-bond acceptors (Lipinski definition) is 3. The zero-order valence-electron chi connectivity index (χ0n) is 8.85. The third-order valence-corrected chi connectivity index (χ3v) is 5.14. The second kappa shape index (κ2) is 4.23. The second-order valence-corrected chi connectivity index (χ2v) is 6.27. The summed E-state index contributed by atoms with van der Waals surface area (Å²) in [7, 11) is -3.11. The minimum atomic E-state index is -3.11. The Hall–Kier alpha value is -0.390.